The highest BCUT2D eigenvalue weighted by molar-refractivity contribution is 6.46. The van der Waals surface area contributed by atoms with Gasteiger partial charge in [-0.1, -0.05) is 18.2 Å². The van der Waals surface area contributed by atoms with E-state index in [-0.39, 0.29) is 30.1 Å². The van der Waals surface area contributed by atoms with Crippen molar-refractivity contribution in [3.05, 3.63) is 59.2 Å². The Morgan fingerprint density at radius 2 is 1.97 bits per heavy atom. The van der Waals surface area contributed by atoms with Crippen LogP contribution in [0.15, 0.2) is 48.0 Å². The summed E-state index contributed by atoms with van der Waals surface area (Å²) in [6.07, 6.45) is 1.48. The van der Waals surface area contributed by atoms with E-state index in [1.807, 2.05) is 20.8 Å². The number of nitrogens with zero attached hydrogens (tertiary/aromatic N) is 1. The van der Waals surface area contributed by atoms with Gasteiger partial charge < -0.3 is 29.0 Å². The average Bonchev–Trinajstić information content (AvgIpc) is 3.46. The van der Waals surface area contributed by atoms with Crippen LogP contribution < -0.4 is 14.2 Å². The van der Waals surface area contributed by atoms with Crippen molar-refractivity contribution in [1.82, 2.24) is 4.90 Å². The molecule has 0 saturated carbocycles. The van der Waals surface area contributed by atoms with Crippen molar-refractivity contribution in [2.45, 2.75) is 51.9 Å². The van der Waals surface area contributed by atoms with Crippen LogP contribution in [0.5, 0.6) is 17.2 Å². The van der Waals surface area contributed by atoms with Gasteiger partial charge in [0.2, 0.25) is 0 Å². The molecule has 2 fully saturated rings. The third-order valence-corrected chi connectivity index (χ3v) is 6.25. The maximum Gasteiger partial charge on any atom is 0.295 e. The molecule has 0 aromatic heterocycles. The predicted octanol–water partition coefficient (Wildman–Crippen LogP) is 4.48. The Balaban J connectivity index is 1.83. The minimum atomic E-state index is -0.812. The summed E-state index contributed by atoms with van der Waals surface area (Å²) >= 11 is 0. The normalized spacial score (nSPS) is 21.3. The van der Waals surface area contributed by atoms with Crippen LogP contribution in [0.3, 0.4) is 0 Å². The number of hydrogen-bond donors (Lipinski definition) is 1. The molecule has 2 atom stereocenters. The van der Waals surface area contributed by atoms with E-state index in [1.54, 1.807) is 42.5 Å². The highest BCUT2D eigenvalue weighted by Crippen LogP contribution is 2.42. The first kappa shape index (κ1) is 25.6. The molecule has 0 aliphatic carbocycles. The number of carbonyl (C=O) groups is 2. The van der Waals surface area contributed by atoms with Crippen LogP contribution in [0.4, 0.5) is 0 Å². The average molecular weight is 496 g/mol. The zero-order valence-electron chi connectivity index (χ0n) is 21.2. The molecule has 1 amide bonds. The van der Waals surface area contributed by atoms with Crippen LogP contribution in [-0.4, -0.2) is 60.8 Å². The number of rotatable bonds is 9. The van der Waals surface area contributed by atoms with Crippen molar-refractivity contribution in [3.63, 3.8) is 0 Å². The molecule has 192 valence electrons. The number of carbonyl (C=O) groups excluding carboxylic acids is 2. The molecule has 8 heteroatoms. The molecule has 8 nitrogen and oxygen atoms in total. The molecule has 2 aliphatic rings. The molecular formula is C28H33NO7. The molecule has 0 spiro atoms. The number of Topliss-reactive ketones (excluding diaryl/α,β-unsaturated/α-hetero) is 1. The molecule has 4 rings (SSSR count). The summed E-state index contributed by atoms with van der Waals surface area (Å²) in [6, 6.07) is 11.3. The fourth-order valence-electron chi connectivity index (χ4n) is 4.70. The molecule has 2 heterocycles. The number of ether oxygens (including phenoxy) is 4. The summed E-state index contributed by atoms with van der Waals surface area (Å²) in [4.78, 5) is 28.1. The Morgan fingerprint density at radius 1 is 1.17 bits per heavy atom. The number of ketones is 1. The van der Waals surface area contributed by atoms with Crippen molar-refractivity contribution in [2.24, 2.45) is 0 Å². The third-order valence-electron chi connectivity index (χ3n) is 6.25. The predicted molar refractivity (Wildman–Crippen MR) is 134 cm³/mol. The van der Waals surface area contributed by atoms with Gasteiger partial charge in [-0.3, -0.25) is 9.59 Å². The summed E-state index contributed by atoms with van der Waals surface area (Å²) in [5.41, 5.74) is 1.04. The number of hydrogen-bond acceptors (Lipinski definition) is 7. The topological polar surface area (TPSA) is 94.5 Å². The highest BCUT2D eigenvalue weighted by Gasteiger charge is 2.47. The molecule has 2 unspecified atom stereocenters. The molecule has 2 aromatic carbocycles. The fraction of sp³-hybridized carbons (Fsp3) is 0.429. The van der Waals surface area contributed by atoms with E-state index >= 15 is 0 Å². The largest absolute Gasteiger partial charge is 0.507 e. The van der Waals surface area contributed by atoms with Gasteiger partial charge in [0.25, 0.3) is 11.7 Å². The van der Waals surface area contributed by atoms with Gasteiger partial charge in [0.1, 0.15) is 11.5 Å². The summed E-state index contributed by atoms with van der Waals surface area (Å²) in [5, 5.41) is 11.4. The van der Waals surface area contributed by atoms with E-state index in [0.717, 1.165) is 12.8 Å². The molecule has 2 aliphatic heterocycles. The van der Waals surface area contributed by atoms with E-state index in [4.69, 9.17) is 18.9 Å². The lowest BCUT2D eigenvalue weighted by Crippen LogP contribution is -2.36. The Hall–Kier alpha value is -3.52. The van der Waals surface area contributed by atoms with Gasteiger partial charge in [0.05, 0.1) is 37.5 Å². The number of amides is 1. The van der Waals surface area contributed by atoms with Gasteiger partial charge in [-0.25, -0.2) is 0 Å². The van der Waals surface area contributed by atoms with Crippen molar-refractivity contribution in [1.29, 1.82) is 0 Å². The van der Waals surface area contributed by atoms with Crippen LogP contribution in [0.1, 0.15) is 50.8 Å². The highest BCUT2D eigenvalue weighted by atomic mass is 16.5. The second-order valence-electron chi connectivity index (χ2n) is 9.12. The van der Waals surface area contributed by atoms with Crippen molar-refractivity contribution >= 4 is 17.4 Å². The van der Waals surface area contributed by atoms with E-state index in [9.17, 15) is 14.7 Å². The zero-order chi connectivity index (χ0) is 25.8. The van der Waals surface area contributed by atoms with Crippen LogP contribution in [0.2, 0.25) is 0 Å². The Kier molecular flexibility index (Phi) is 7.84. The third kappa shape index (κ3) is 5.18. The maximum atomic E-state index is 13.3. The van der Waals surface area contributed by atoms with Crippen molar-refractivity contribution in [2.75, 3.05) is 26.9 Å². The van der Waals surface area contributed by atoms with Gasteiger partial charge in [0, 0.05) is 18.7 Å². The van der Waals surface area contributed by atoms with Crippen molar-refractivity contribution in [3.8, 4) is 17.2 Å². The Bertz CT molecular complexity index is 1150. The first-order chi connectivity index (χ1) is 17.3. The number of likely N-dealkylation sites (tertiary alicyclic amines) is 1. The fourth-order valence-corrected chi connectivity index (χ4v) is 4.70. The minimum Gasteiger partial charge on any atom is -0.507 e. The van der Waals surface area contributed by atoms with Gasteiger partial charge in [-0.15, -0.1) is 0 Å². The Labute approximate surface area is 211 Å². The lowest BCUT2D eigenvalue weighted by atomic mass is 9.94. The number of methoxy groups -OCH3 is 1. The molecule has 2 aromatic rings. The quantitative estimate of drug-likeness (QED) is 0.311. The first-order valence-electron chi connectivity index (χ1n) is 12.3. The molecule has 36 heavy (non-hydrogen) atoms. The number of aliphatic hydroxyl groups excluding tert-OH is 1. The summed E-state index contributed by atoms with van der Waals surface area (Å²) in [5.74, 6) is -0.0714. The van der Waals surface area contributed by atoms with Crippen LogP contribution in [-0.2, 0) is 14.3 Å². The van der Waals surface area contributed by atoms with E-state index in [2.05, 4.69) is 0 Å². The monoisotopic (exact) mass is 495 g/mol. The van der Waals surface area contributed by atoms with Gasteiger partial charge in [0.15, 0.2) is 11.5 Å². The van der Waals surface area contributed by atoms with Gasteiger partial charge in [-0.05, 0) is 63.4 Å². The first-order valence-corrected chi connectivity index (χ1v) is 12.3. The van der Waals surface area contributed by atoms with Crippen LogP contribution >= 0.6 is 0 Å². The second kappa shape index (κ2) is 11.0. The standard InChI is InChI=1S/C28H33NO7/c1-5-34-22-12-11-18(15-23(22)33-4)25-24(26(30)19-8-6-9-20(14-19)36-17(2)3)27(31)28(32)29(25)16-21-10-7-13-35-21/h6,8-9,11-12,14-15,17,21,25,30H,5,7,10,13,16H2,1-4H3/b26-24-. The summed E-state index contributed by atoms with van der Waals surface area (Å²) < 4.78 is 22.7. The number of aliphatic hydroxyl groups is 1. The molecule has 1 N–H and O–H groups in total. The van der Waals surface area contributed by atoms with Crippen LogP contribution in [0, 0.1) is 0 Å². The Morgan fingerprint density at radius 3 is 2.64 bits per heavy atom. The molecule has 0 bridgehead atoms. The smallest absolute Gasteiger partial charge is 0.295 e. The van der Waals surface area contributed by atoms with Gasteiger partial charge in [-0.2, -0.15) is 0 Å². The van der Waals surface area contributed by atoms with E-state index < -0.39 is 17.7 Å². The minimum absolute atomic E-state index is 0.0194. The van der Waals surface area contributed by atoms with Crippen LogP contribution in [0.25, 0.3) is 5.76 Å². The molecule has 0 radical (unpaired) electrons. The van der Waals surface area contributed by atoms with E-state index in [0.29, 0.717) is 41.6 Å². The summed E-state index contributed by atoms with van der Waals surface area (Å²) in [6.45, 7) is 7.02. The maximum absolute atomic E-state index is 13.3. The van der Waals surface area contributed by atoms with Gasteiger partial charge >= 0.3 is 0 Å². The SMILES string of the molecule is CCOc1ccc(C2/C(=C(/O)c3cccc(OC(C)C)c3)C(=O)C(=O)N2CC2CCCO2)cc1OC. The molecule has 2 saturated heterocycles. The van der Waals surface area contributed by atoms with E-state index in [1.165, 1.54) is 12.0 Å². The summed E-state index contributed by atoms with van der Waals surface area (Å²) in [7, 11) is 1.53. The lowest BCUT2D eigenvalue weighted by Gasteiger charge is -2.28. The zero-order valence-corrected chi connectivity index (χ0v) is 21.2. The molecular weight excluding hydrogens is 462 g/mol. The lowest BCUT2D eigenvalue weighted by molar-refractivity contribution is -0.140. The second-order valence-corrected chi connectivity index (χ2v) is 9.12. The number of benzene rings is 2. The van der Waals surface area contributed by atoms with Crippen molar-refractivity contribution < 1.29 is 33.6 Å².